The van der Waals surface area contributed by atoms with E-state index in [9.17, 15) is 5.11 Å². The first kappa shape index (κ1) is 13.0. The normalized spacial score (nSPS) is 17.1. The Morgan fingerprint density at radius 3 is 1.77 bits per heavy atom. The third kappa shape index (κ3) is 3.68. The fourth-order valence-corrected chi connectivity index (χ4v) is 1.76. The number of rotatable bonds is 5. The predicted octanol–water partition coefficient (Wildman–Crippen LogP) is 3.75. The Labute approximate surface area is 83.5 Å². The van der Waals surface area contributed by atoms with E-state index >= 15 is 0 Å². The zero-order chi connectivity index (χ0) is 10.5. The van der Waals surface area contributed by atoms with Crippen molar-refractivity contribution in [3.05, 3.63) is 0 Å². The fourth-order valence-electron chi connectivity index (χ4n) is 1.76. The van der Waals surface area contributed by atoms with E-state index in [1.54, 1.807) is 0 Å². The van der Waals surface area contributed by atoms with Crippen LogP contribution in [0.5, 0.6) is 0 Å². The molecule has 0 amide bonds. The maximum atomic E-state index is 10.5. The van der Waals surface area contributed by atoms with E-state index < -0.39 is 5.60 Å². The largest absolute Gasteiger partial charge is 0.389 e. The van der Waals surface area contributed by atoms with Crippen molar-refractivity contribution in [1.29, 1.82) is 0 Å². The summed E-state index contributed by atoms with van der Waals surface area (Å²) in [6.07, 6.45) is 5.24. The van der Waals surface area contributed by atoms with Crippen molar-refractivity contribution < 1.29 is 5.11 Å². The van der Waals surface area contributed by atoms with Gasteiger partial charge in [-0.2, -0.15) is 0 Å². The summed E-state index contributed by atoms with van der Waals surface area (Å²) >= 11 is 0. The van der Waals surface area contributed by atoms with Gasteiger partial charge in [-0.15, -0.1) is 0 Å². The Morgan fingerprint density at radius 1 is 0.923 bits per heavy atom. The van der Waals surface area contributed by atoms with Gasteiger partial charge in [0.2, 0.25) is 0 Å². The van der Waals surface area contributed by atoms with E-state index in [2.05, 4.69) is 34.6 Å². The van der Waals surface area contributed by atoms with Crippen molar-refractivity contribution >= 4 is 0 Å². The monoisotopic (exact) mass is 186 g/mol. The first-order valence-corrected chi connectivity index (χ1v) is 5.59. The molecular formula is C12H26O. The first-order valence-electron chi connectivity index (χ1n) is 5.59. The highest BCUT2D eigenvalue weighted by Gasteiger charge is 2.37. The Hall–Kier alpha value is -0.0400. The van der Waals surface area contributed by atoms with E-state index in [-0.39, 0.29) is 5.41 Å². The Balaban J connectivity index is 4.34. The second-order valence-electron chi connectivity index (χ2n) is 5.14. The molecule has 0 bridgehead atoms. The molecule has 1 atom stereocenters. The van der Waals surface area contributed by atoms with Gasteiger partial charge in [0.1, 0.15) is 0 Å². The van der Waals surface area contributed by atoms with E-state index in [0.29, 0.717) is 0 Å². The minimum Gasteiger partial charge on any atom is -0.389 e. The van der Waals surface area contributed by atoms with Crippen LogP contribution in [0.2, 0.25) is 0 Å². The van der Waals surface area contributed by atoms with Gasteiger partial charge in [-0.25, -0.2) is 0 Å². The van der Waals surface area contributed by atoms with Gasteiger partial charge in [-0.1, -0.05) is 53.9 Å². The smallest absolute Gasteiger partial charge is 0.0695 e. The van der Waals surface area contributed by atoms with Crippen molar-refractivity contribution in [2.75, 3.05) is 0 Å². The third-order valence-corrected chi connectivity index (χ3v) is 3.00. The molecule has 0 aromatic rings. The molecule has 0 radical (unpaired) electrons. The molecule has 0 rings (SSSR count). The summed E-state index contributed by atoms with van der Waals surface area (Å²) in [5.41, 5.74) is -0.448. The summed E-state index contributed by atoms with van der Waals surface area (Å²) in [7, 11) is 0. The highest BCUT2D eigenvalue weighted by molar-refractivity contribution is 4.89. The van der Waals surface area contributed by atoms with Crippen LogP contribution >= 0.6 is 0 Å². The molecule has 0 aliphatic carbocycles. The molecular weight excluding hydrogens is 160 g/mol. The summed E-state index contributed by atoms with van der Waals surface area (Å²) in [5, 5.41) is 10.5. The van der Waals surface area contributed by atoms with Crippen LogP contribution in [0.1, 0.15) is 66.7 Å². The van der Waals surface area contributed by atoms with E-state index in [0.717, 1.165) is 25.7 Å². The number of hydrogen-bond donors (Lipinski definition) is 1. The lowest BCUT2D eigenvalue weighted by atomic mass is 9.71. The van der Waals surface area contributed by atoms with E-state index in [1.807, 2.05) is 0 Å². The van der Waals surface area contributed by atoms with Crippen LogP contribution in [0.25, 0.3) is 0 Å². The van der Waals surface area contributed by atoms with Gasteiger partial charge in [0.05, 0.1) is 5.60 Å². The van der Waals surface area contributed by atoms with Gasteiger partial charge >= 0.3 is 0 Å². The van der Waals surface area contributed by atoms with Crippen LogP contribution in [-0.4, -0.2) is 10.7 Å². The topological polar surface area (TPSA) is 20.2 Å². The van der Waals surface area contributed by atoms with Crippen molar-refractivity contribution in [2.24, 2.45) is 5.41 Å². The maximum Gasteiger partial charge on any atom is 0.0695 e. The summed E-state index contributed by atoms with van der Waals surface area (Å²) in [4.78, 5) is 0. The molecule has 1 nitrogen and oxygen atoms in total. The first-order chi connectivity index (χ1) is 5.87. The average molecular weight is 186 g/mol. The molecule has 0 saturated carbocycles. The summed E-state index contributed by atoms with van der Waals surface area (Å²) in [6, 6.07) is 0. The molecule has 1 heteroatoms. The molecule has 1 unspecified atom stereocenters. The molecule has 1 N–H and O–H groups in total. The summed E-state index contributed by atoms with van der Waals surface area (Å²) in [5.74, 6) is 0. The molecule has 0 spiro atoms. The van der Waals surface area contributed by atoms with Crippen LogP contribution in [0.3, 0.4) is 0 Å². The molecule has 0 fully saturated rings. The number of hydrogen-bond acceptors (Lipinski definition) is 1. The highest BCUT2D eigenvalue weighted by atomic mass is 16.3. The molecule has 0 heterocycles. The highest BCUT2D eigenvalue weighted by Crippen LogP contribution is 2.38. The molecule has 0 aliphatic heterocycles. The number of unbranched alkanes of at least 4 members (excludes halogenated alkanes) is 1. The maximum absolute atomic E-state index is 10.5. The van der Waals surface area contributed by atoms with E-state index in [4.69, 9.17) is 0 Å². The molecule has 0 saturated heterocycles. The van der Waals surface area contributed by atoms with Gasteiger partial charge in [-0.05, 0) is 18.3 Å². The zero-order valence-electron chi connectivity index (χ0n) is 9.98. The van der Waals surface area contributed by atoms with Crippen LogP contribution in [0.15, 0.2) is 0 Å². The SMILES string of the molecule is CCCCC(O)(CCC)C(C)(C)C. The lowest BCUT2D eigenvalue weighted by molar-refractivity contribution is -0.0729. The second kappa shape index (κ2) is 4.99. The Morgan fingerprint density at radius 2 is 1.46 bits per heavy atom. The average Bonchev–Trinajstić information content (AvgIpc) is 1.99. The standard InChI is InChI=1S/C12H26O/c1-6-8-10-12(13,9-7-2)11(3,4)5/h13H,6-10H2,1-5H3. The minimum atomic E-state index is -0.461. The van der Waals surface area contributed by atoms with Gasteiger partial charge in [0.25, 0.3) is 0 Å². The molecule has 0 aromatic carbocycles. The van der Waals surface area contributed by atoms with Crippen LogP contribution in [0.4, 0.5) is 0 Å². The summed E-state index contributed by atoms with van der Waals surface area (Å²) < 4.78 is 0. The van der Waals surface area contributed by atoms with E-state index in [1.165, 1.54) is 6.42 Å². The van der Waals surface area contributed by atoms with Crippen molar-refractivity contribution in [1.82, 2.24) is 0 Å². The Kier molecular flexibility index (Phi) is 4.98. The lowest BCUT2D eigenvalue weighted by Gasteiger charge is -2.40. The summed E-state index contributed by atoms with van der Waals surface area (Å²) in [6.45, 7) is 10.7. The molecule has 13 heavy (non-hydrogen) atoms. The van der Waals surface area contributed by atoms with Gasteiger partial charge in [0.15, 0.2) is 0 Å². The molecule has 80 valence electrons. The van der Waals surface area contributed by atoms with Crippen LogP contribution in [-0.2, 0) is 0 Å². The van der Waals surface area contributed by atoms with Crippen molar-refractivity contribution in [2.45, 2.75) is 72.3 Å². The fraction of sp³-hybridized carbons (Fsp3) is 1.00. The van der Waals surface area contributed by atoms with Crippen LogP contribution in [0, 0.1) is 5.41 Å². The van der Waals surface area contributed by atoms with Crippen molar-refractivity contribution in [3.63, 3.8) is 0 Å². The van der Waals surface area contributed by atoms with Gasteiger partial charge in [-0.3, -0.25) is 0 Å². The van der Waals surface area contributed by atoms with Crippen molar-refractivity contribution in [3.8, 4) is 0 Å². The predicted molar refractivity (Wildman–Crippen MR) is 58.8 cm³/mol. The third-order valence-electron chi connectivity index (χ3n) is 3.00. The second-order valence-corrected chi connectivity index (χ2v) is 5.14. The Bertz CT molecular complexity index is 135. The number of aliphatic hydroxyl groups is 1. The zero-order valence-corrected chi connectivity index (χ0v) is 9.98. The van der Waals surface area contributed by atoms with Gasteiger partial charge in [0, 0.05) is 0 Å². The molecule has 0 aromatic heterocycles. The minimum absolute atomic E-state index is 0.0121. The quantitative estimate of drug-likeness (QED) is 0.693. The van der Waals surface area contributed by atoms with Crippen LogP contribution < -0.4 is 0 Å². The van der Waals surface area contributed by atoms with Gasteiger partial charge < -0.3 is 5.11 Å². The molecule has 0 aliphatic rings. The lowest BCUT2D eigenvalue weighted by Crippen LogP contribution is -2.42.